The van der Waals surface area contributed by atoms with Gasteiger partial charge in [-0.05, 0) is 55.7 Å². The highest BCUT2D eigenvalue weighted by atomic mass is 19.1. The second kappa shape index (κ2) is 7.09. The molecule has 1 aromatic heterocycles. The Kier molecular flexibility index (Phi) is 4.88. The summed E-state index contributed by atoms with van der Waals surface area (Å²) in [6.07, 6.45) is 1.58. The first-order valence-corrected chi connectivity index (χ1v) is 8.57. The van der Waals surface area contributed by atoms with Crippen LogP contribution in [0.15, 0.2) is 42.5 Å². The minimum atomic E-state index is -0.448. The van der Waals surface area contributed by atoms with Crippen molar-refractivity contribution in [3.05, 3.63) is 70.7 Å². The van der Waals surface area contributed by atoms with Crippen molar-refractivity contribution in [2.75, 3.05) is 0 Å². The molecule has 0 bridgehead atoms. The second-order valence-electron chi connectivity index (χ2n) is 6.35. The summed E-state index contributed by atoms with van der Waals surface area (Å²) in [5, 5.41) is 0.889. The van der Waals surface area contributed by atoms with E-state index in [4.69, 9.17) is 4.74 Å². The molecule has 0 spiro atoms. The number of aryl methyl sites for hydroxylation is 2. The lowest BCUT2D eigenvalue weighted by molar-refractivity contribution is 0.0339. The number of rotatable bonds is 5. The van der Waals surface area contributed by atoms with Gasteiger partial charge in [-0.15, -0.1) is 0 Å². The predicted octanol–water partition coefficient (Wildman–Crippen LogP) is 5.49. The molecule has 25 heavy (non-hydrogen) atoms. The molecule has 0 fully saturated rings. The van der Waals surface area contributed by atoms with Gasteiger partial charge in [0, 0.05) is 16.6 Å². The number of aromatic amines is 1. The van der Waals surface area contributed by atoms with Gasteiger partial charge in [-0.1, -0.05) is 31.5 Å². The van der Waals surface area contributed by atoms with Crippen LogP contribution in [0.3, 0.4) is 0 Å². The fourth-order valence-electron chi connectivity index (χ4n) is 3.10. The molecule has 1 heterocycles. The summed E-state index contributed by atoms with van der Waals surface area (Å²) in [6.45, 7) is 5.79. The molecule has 0 aliphatic heterocycles. The highest BCUT2D eigenvalue weighted by Gasteiger charge is 2.20. The van der Waals surface area contributed by atoms with Gasteiger partial charge in [-0.25, -0.2) is 9.18 Å². The van der Waals surface area contributed by atoms with E-state index in [9.17, 15) is 9.18 Å². The van der Waals surface area contributed by atoms with E-state index >= 15 is 0 Å². The number of fused-ring (bicyclic) bond motifs is 1. The van der Waals surface area contributed by atoms with Crippen LogP contribution >= 0.6 is 0 Å². The smallest absolute Gasteiger partial charge is 0.341 e. The average Bonchev–Trinajstić information content (AvgIpc) is 2.91. The summed E-state index contributed by atoms with van der Waals surface area (Å²) < 4.78 is 18.7. The maximum absolute atomic E-state index is 13.1. The molecule has 3 aromatic rings. The number of benzene rings is 2. The number of aromatic nitrogens is 1. The van der Waals surface area contributed by atoms with E-state index in [1.165, 1.54) is 17.7 Å². The fraction of sp³-hybridized carbons (Fsp3) is 0.286. The van der Waals surface area contributed by atoms with E-state index in [0.717, 1.165) is 35.0 Å². The number of esters is 1. The Morgan fingerprint density at radius 2 is 1.92 bits per heavy atom. The van der Waals surface area contributed by atoms with E-state index in [-0.39, 0.29) is 11.8 Å². The molecule has 3 rings (SSSR count). The van der Waals surface area contributed by atoms with Crippen molar-refractivity contribution >= 4 is 16.9 Å². The van der Waals surface area contributed by atoms with Gasteiger partial charge in [0.2, 0.25) is 0 Å². The first kappa shape index (κ1) is 17.2. The number of halogens is 1. The zero-order chi connectivity index (χ0) is 18.0. The normalized spacial score (nSPS) is 12.3. The molecule has 4 heteroatoms. The third kappa shape index (κ3) is 3.58. The molecule has 1 N–H and O–H groups in total. The summed E-state index contributed by atoms with van der Waals surface area (Å²) in [5.74, 6) is -0.674. The van der Waals surface area contributed by atoms with Crippen molar-refractivity contribution in [3.63, 3.8) is 0 Å². The maximum atomic E-state index is 13.1. The third-order valence-corrected chi connectivity index (χ3v) is 4.42. The van der Waals surface area contributed by atoms with Crippen molar-refractivity contribution in [3.8, 4) is 0 Å². The minimum Gasteiger partial charge on any atom is -0.454 e. The summed E-state index contributed by atoms with van der Waals surface area (Å²) in [6, 6.07) is 12.2. The van der Waals surface area contributed by atoms with E-state index in [2.05, 4.69) is 24.0 Å². The van der Waals surface area contributed by atoms with E-state index in [1.807, 2.05) is 13.0 Å². The lowest BCUT2D eigenvalue weighted by Gasteiger charge is -2.14. The Hall–Kier alpha value is -2.62. The van der Waals surface area contributed by atoms with Gasteiger partial charge >= 0.3 is 5.97 Å². The Balaban J connectivity index is 1.89. The number of carbonyl (C=O) groups excluding carboxylic acids is 1. The number of carbonyl (C=O) groups is 1. The summed E-state index contributed by atoms with van der Waals surface area (Å²) in [5.41, 5.74) is 4.26. The van der Waals surface area contributed by atoms with Crippen molar-refractivity contribution in [2.24, 2.45) is 0 Å². The predicted molar refractivity (Wildman–Crippen MR) is 97.3 cm³/mol. The van der Waals surface area contributed by atoms with E-state index in [1.54, 1.807) is 19.1 Å². The maximum Gasteiger partial charge on any atom is 0.341 e. The molecule has 130 valence electrons. The minimum absolute atomic E-state index is 0.307. The van der Waals surface area contributed by atoms with Gasteiger partial charge < -0.3 is 9.72 Å². The van der Waals surface area contributed by atoms with Crippen LogP contribution in [-0.2, 0) is 11.2 Å². The largest absolute Gasteiger partial charge is 0.454 e. The number of nitrogens with one attached hydrogen (secondary N) is 1. The van der Waals surface area contributed by atoms with Crippen LogP contribution in [0.5, 0.6) is 0 Å². The number of H-pyrrole nitrogens is 1. The molecule has 1 atom stereocenters. The Morgan fingerprint density at radius 1 is 1.20 bits per heavy atom. The highest BCUT2D eigenvalue weighted by molar-refractivity contribution is 6.05. The first-order chi connectivity index (χ1) is 12.0. The standard InChI is InChI=1S/C21H22FNO2/c1-4-5-15-6-11-19-18(12-15)20(13(2)23-19)21(24)25-14(3)16-7-9-17(22)10-8-16/h6-12,14,23H,4-5H2,1-3H3/t14-/m0/s1. The number of ether oxygens (including phenoxy) is 1. The Bertz CT molecular complexity index is 896. The number of hydrogen-bond acceptors (Lipinski definition) is 2. The van der Waals surface area contributed by atoms with Gasteiger partial charge in [0.15, 0.2) is 0 Å². The van der Waals surface area contributed by atoms with Crippen LogP contribution in [0.4, 0.5) is 4.39 Å². The van der Waals surface area contributed by atoms with E-state index < -0.39 is 6.10 Å². The Labute approximate surface area is 146 Å². The lowest BCUT2D eigenvalue weighted by atomic mass is 10.0. The Morgan fingerprint density at radius 3 is 2.60 bits per heavy atom. The number of hydrogen-bond donors (Lipinski definition) is 1. The molecule has 2 aromatic carbocycles. The van der Waals surface area contributed by atoms with Crippen molar-refractivity contribution < 1.29 is 13.9 Å². The van der Waals surface area contributed by atoms with Crippen molar-refractivity contribution in [2.45, 2.75) is 39.7 Å². The van der Waals surface area contributed by atoms with Gasteiger partial charge in [-0.3, -0.25) is 0 Å². The molecule has 3 nitrogen and oxygen atoms in total. The van der Waals surface area contributed by atoms with Crippen LogP contribution in [0.2, 0.25) is 0 Å². The molecule has 0 amide bonds. The van der Waals surface area contributed by atoms with Gasteiger partial charge in [-0.2, -0.15) is 0 Å². The molecular formula is C21H22FNO2. The summed E-state index contributed by atoms with van der Waals surface area (Å²) in [7, 11) is 0. The van der Waals surface area contributed by atoms with Crippen molar-refractivity contribution in [1.82, 2.24) is 4.98 Å². The van der Waals surface area contributed by atoms with Gasteiger partial charge in [0.05, 0.1) is 5.56 Å². The zero-order valence-corrected chi connectivity index (χ0v) is 14.7. The quantitative estimate of drug-likeness (QED) is 0.625. The third-order valence-electron chi connectivity index (χ3n) is 4.42. The van der Waals surface area contributed by atoms with Crippen LogP contribution in [-0.4, -0.2) is 11.0 Å². The molecule has 0 radical (unpaired) electrons. The highest BCUT2D eigenvalue weighted by Crippen LogP contribution is 2.27. The first-order valence-electron chi connectivity index (χ1n) is 8.57. The fourth-order valence-corrected chi connectivity index (χ4v) is 3.10. The molecule has 0 saturated heterocycles. The van der Waals surface area contributed by atoms with Crippen molar-refractivity contribution in [1.29, 1.82) is 0 Å². The zero-order valence-electron chi connectivity index (χ0n) is 14.7. The monoisotopic (exact) mass is 339 g/mol. The molecular weight excluding hydrogens is 317 g/mol. The molecule has 0 aliphatic carbocycles. The second-order valence-corrected chi connectivity index (χ2v) is 6.35. The van der Waals surface area contributed by atoms with E-state index in [0.29, 0.717) is 5.56 Å². The van der Waals surface area contributed by atoms with Crippen LogP contribution in [0, 0.1) is 12.7 Å². The summed E-state index contributed by atoms with van der Waals surface area (Å²) >= 11 is 0. The van der Waals surface area contributed by atoms with Crippen LogP contribution < -0.4 is 0 Å². The topological polar surface area (TPSA) is 42.1 Å². The average molecular weight is 339 g/mol. The summed E-state index contributed by atoms with van der Waals surface area (Å²) in [4.78, 5) is 16.0. The van der Waals surface area contributed by atoms with Gasteiger partial charge in [0.1, 0.15) is 11.9 Å². The van der Waals surface area contributed by atoms with Crippen LogP contribution in [0.1, 0.15) is 53.6 Å². The van der Waals surface area contributed by atoms with Gasteiger partial charge in [0.25, 0.3) is 0 Å². The molecule has 0 unspecified atom stereocenters. The van der Waals surface area contributed by atoms with Crippen LogP contribution in [0.25, 0.3) is 10.9 Å². The molecule has 0 saturated carbocycles. The SMILES string of the molecule is CCCc1ccc2[nH]c(C)c(C(=O)O[C@@H](C)c3ccc(F)cc3)c2c1. The molecule has 0 aliphatic rings. The lowest BCUT2D eigenvalue weighted by Crippen LogP contribution is -2.10.